The first-order valence-electron chi connectivity index (χ1n) is 11.5. The van der Waals surface area contributed by atoms with Crippen LogP contribution in [0.4, 0.5) is 26.3 Å². The number of nitrogens with one attached hydrogen (secondary N) is 1. The molecule has 0 fully saturated rings. The number of nitrogens with zero attached hydrogens (tertiary/aromatic N) is 3. The van der Waals surface area contributed by atoms with Crippen LogP contribution in [-0.4, -0.2) is 67.3 Å². The lowest BCUT2D eigenvalue weighted by Gasteiger charge is -2.37. The summed E-state index contributed by atoms with van der Waals surface area (Å²) in [6.07, 6.45) is -8.47. The normalized spacial score (nSPS) is 16.0. The Morgan fingerprint density at radius 2 is 1.67 bits per heavy atom. The third-order valence-electron chi connectivity index (χ3n) is 5.95. The monoisotopic (exact) mass is 605 g/mol. The molecule has 0 spiro atoms. The predicted molar refractivity (Wildman–Crippen MR) is 131 cm³/mol. The highest BCUT2D eigenvalue weighted by Crippen LogP contribution is 2.44. The van der Waals surface area contributed by atoms with Crippen LogP contribution in [0.15, 0.2) is 45.8 Å². The van der Waals surface area contributed by atoms with Crippen LogP contribution >= 0.6 is 0 Å². The van der Waals surface area contributed by atoms with Crippen molar-refractivity contribution in [1.82, 2.24) is 19.7 Å². The number of rotatable bonds is 3. The molecule has 1 atom stereocenters. The van der Waals surface area contributed by atoms with Crippen LogP contribution in [-0.2, 0) is 15.1 Å². The van der Waals surface area contributed by atoms with E-state index in [9.17, 15) is 31.1 Å². The molecule has 1 aromatic carbocycles. The van der Waals surface area contributed by atoms with E-state index >= 15 is 0 Å². The SMILES string of the molecule is Cc1noc(C)c1-c1ccc2[nH]c(=O)n3c2c1OCC3(CN)c1ccccn1.O=C(O)C(F)(F)F.O=C(O)C(F)(F)F. The summed E-state index contributed by atoms with van der Waals surface area (Å²) in [5.41, 5.74) is 9.58. The Labute approximate surface area is 230 Å². The van der Waals surface area contributed by atoms with Gasteiger partial charge in [0.15, 0.2) is 5.75 Å². The van der Waals surface area contributed by atoms with Gasteiger partial charge in [-0.1, -0.05) is 11.2 Å². The molecular weight excluding hydrogens is 584 g/mol. The summed E-state index contributed by atoms with van der Waals surface area (Å²) >= 11 is 0. The lowest BCUT2D eigenvalue weighted by atomic mass is 9.92. The maximum absolute atomic E-state index is 13.0. The zero-order valence-corrected chi connectivity index (χ0v) is 21.5. The molecule has 0 bridgehead atoms. The van der Waals surface area contributed by atoms with Gasteiger partial charge in [0.2, 0.25) is 0 Å². The van der Waals surface area contributed by atoms with Crippen LogP contribution in [0.5, 0.6) is 5.75 Å². The summed E-state index contributed by atoms with van der Waals surface area (Å²) in [4.78, 5) is 38.2. The number of ether oxygens (including phenoxy) is 1. The molecule has 4 aromatic rings. The average Bonchev–Trinajstić information content (AvgIpc) is 3.44. The van der Waals surface area contributed by atoms with Gasteiger partial charge in [0, 0.05) is 18.3 Å². The predicted octanol–water partition coefficient (Wildman–Crippen LogP) is 3.36. The first kappa shape index (κ1) is 31.7. The average molecular weight is 605 g/mol. The van der Waals surface area contributed by atoms with Gasteiger partial charge >= 0.3 is 30.0 Å². The zero-order chi connectivity index (χ0) is 31.6. The molecule has 1 aliphatic rings. The molecule has 226 valence electrons. The van der Waals surface area contributed by atoms with Gasteiger partial charge in [-0.05, 0) is 38.1 Å². The fraction of sp³-hybridized carbons (Fsp3) is 0.292. The number of carbonyl (C=O) groups is 2. The Bertz CT molecular complexity index is 1620. The molecule has 42 heavy (non-hydrogen) atoms. The van der Waals surface area contributed by atoms with Crippen LogP contribution < -0.4 is 16.2 Å². The standard InChI is InChI=1S/C20H19N5O3.2C2HF3O2/c1-11-16(12(2)28-24-11)13-6-7-14-17-18(13)27-10-20(9-21,25(17)19(26)23-14)15-5-3-4-8-22-15;2*3-2(4,5)1(6)7/h3-8H,9-10,21H2,1-2H3,(H,23,26);2*(H,6,7). The van der Waals surface area contributed by atoms with E-state index in [-0.39, 0.29) is 18.8 Å². The van der Waals surface area contributed by atoms with E-state index in [2.05, 4.69) is 15.1 Å². The number of carboxylic acids is 2. The molecule has 0 saturated heterocycles. The Balaban J connectivity index is 0.000000289. The van der Waals surface area contributed by atoms with E-state index in [0.29, 0.717) is 28.2 Å². The number of aliphatic carboxylic acids is 2. The van der Waals surface area contributed by atoms with Crippen molar-refractivity contribution in [1.29, 1.82) is 0 Å². The number of aromatic amines is 1. The molecule has 12 nitrogen and oxygen atoms in total. The molecule has 0 saturated carbocycles. The first-order valence-corrected chi connectivity index (χ1v) is 11.5. The number of carboxylic acid groups (broad SMARTS) is 2. The summed E-state index contributed by atoms with van der Waals surface area (Å²) in [7, 11) is 0. The Morgan fingerprint density at radius 3 is 2.12 bits per heavy atom. The van der Waals surface area contributed by atoms with E-state index in [1.807, 2.05) is 44.2 Å². The first-order chi connectivity index (χ1) is 19.5. The number of aryl methyl sites for hydroxylation is 2. The summed E-state index contributed by atoms with van der Waals surface area (Å²) < 4.78 is 76.8. The number of alkyl halides is 6. The molecule has 0 radical (unpaired) electrons. The Hall–Kier alpha value is -4.87. The lowest BCUT2D eigenvalue weighted by Crippen LogP contribution is -2.53. The fourth-order valence-corrected chi connectivity index (χ4v) is 4.12. The molecule has 5 N–H and O–H groups in total. The van der Waals surface area contributed by atoms with Crippen molar-refractivity contribution in [2.75, 3.05) is 13.2 Å². The van der Waals surface area contributed by atoms with Crippen molar-refractivity contribution >= 4 is 23.0 Å². The number of aromatic nitrogens is 4. The highest BCUT2D eigenvalue weighted by molar-refractivity contribution is 5.92. The highest BCUT2D eigenvalue weighted by Gasteiger charge is 2.43. The van der Waals surface area contributed by atoms with E-state index in [0.717, 1.165) is 16.8 Å². The summed E-state index contributed by atoms with van der Waals surface area (Å²) in [5.74, 6) is -4.20. The third-order valence-corrected chi connectivity index (χ3v) is 5.95. The topological polar surface area (TPSA) is 187 Å². The van der Waals surface area contributed by atoms with Crippen LogP contribution in [0.25, 0.3) is 22.2 Å². The summed E-state index contributed by atoms with van der Waals surface area (Å²) in [6.45, 7) is 4.11. The molecule has 1 aliphatic heterocycles. The van der Waals surface area contributed by atoms with E-state index in [1.54, 1.807) is 10.8 Å². The molecule has 3 aromatic heterocycles. The van der Waals surface area contributed by atoms with Crippen molar-refractivity contribution in [2.24, 2.45) is 5.73 Å². The van der Waals surface area contributed by atoms with Crippen LogP contribution in [0.2, 0.25) is 0 Å². The van der Waals surface area contributed by atoms with Crippen LogP contribution in [0.1, 0.15) is 17.1 Å². The summed E-state index contributed by atoms with van der Waals surface area (Å²) in [6, 6.07) is 9.36. The highest BCUT2D eigenvalue weighted by atomic mass is 19.4. The minimum absolute atomic E-state index is 0.172. The molecule has 18 heteroatoms. The Kier molecular flexibility index (Phi) is 8.71. The van der Waals surface area contributed by atoms with Gasteiger partial charge in [-0.15, -0.1) is 0 Å². The number of hydrogen-bond donors (Lipinski definition) is 4. The van der Waals surface area contributed by atoms with Crippen molar-refractivity contribution < 1.29 is 55.4 Å². The fourth-order valence-electron chi connectivity index (χ4n) is 4.12. The van der Waals surface area contributed by atoms with Gasteiger partial charge in [-0.25, -0.2) is 14.4 Å². The number of benzene rings is 1. The second kappa shape index (κ2) is 11.6. The van der Waals surface area contributed by atoms with E-state index in [1.165, 1.54) is 0 Å². The van der Waals surface area contributed by atoms with Gasteiger partial charge in [-0.2, -0.15) is 26.3 Å². The Morgan fingerprint density at radius 1 is 1.07 bits per heavy atom. The number of imidazole rings is 1. The number of hydrogen-bond acceptors (Lipinski definition) is 8. The van der Waals surface area contributed by atoms with E-state index < -0.39 is 29.8 Å². The molecule has 4 heterocycles. The smallest absolute Gasteiger partial charge is 0.488 e. The molecule has 5 rings (SSSR count). The van der Waals surface area contributed by atoms with Crippen molar-refractivity contribution in [3.63, 3.8) is 0 Å². The second-order valence-corrected chi connectivity index (χ2v) is 8.65. The largest absolute Gasteiger partial charge is 0.490 e. The van der Waals surface area contributed by atoms with Gasteiger partial charge in [0.25, 0.3) is 0 Å². The zero-order valence-electron chi connectivity index (χ0n) is 21.5. The van der Waals surface area contributed by atoms with Gasteiger partial charge in [0.1, 0.15) is 23.4 Å². The lowest BCUT2D eigenvalue weighted by molar-refractivity contribution is -0.193. The number of halogens is 6. The number of H-pyrrole nitrogens is 1. The van der Waals surface area contributed by atoms with Crippen molar-refractivity contribution in [2.45, 2.75) is 31.7 Å². The van der Waals surface area contributed by atoms with Crippen molar-refractivity contribution in [3.05, 3.63) is 64.2 Å². The van der Waals surface area contributed by atoms with Gasteiger partial charge < -0.3 is 30.2 Å². The van der Waals surface area contributed by atoms with Crippen LogP contribution in [0, 0.1) is 13.8 Å². The van der Waals surface area contributed by atoms with Crippen LogP contribution in [0.3, 0.4) is 0 Å². The maximum Gasteiger partial charge on any atom is 0.490 e. The summed E-state index contributed by atoms with van der Waals surface area (Å²) in [5, 5.41) is 18.3. The van der Waals surface area contributed by atoms with Gasteiger partial charge in [-0.3, -0.25) is 9.55 Å². The van der Waals surface area contributed by atoms with Gasteiger partial charge in [0.05, 0.1) is 22.5 Å². The minimum atomic E-state index is -5.08. The molecule has 1 unspecified atom stereocenters. The molecular formula is C24H21F6N5O7. The molecule has 0 amide bonds. The quantitative estimate of drug-likeness (QED) is 0.252. The van der Waals surface area contributed by atoms with Crippen molar-refractivity contribution in [3.8, 4) is 16.9 Å². The maximum atomic E-state index is 13.0. The molecule has 0 aliphatic carbocycles. The second-order valence-electron chi connectivity index (χ2n) is 8.65. The number of nitrogens with two attached hydrogens (primary N) is 1. The third kappa shape index (κ3) is 6.07. The van der Waals surface area contributed by atoms with E-state index in [4.69, 9.17) is 34.8 Å². The number of pyridine rings is 1. The minimum Gasteiger partial charge on any atom is -0.488 e.